The number of fused-ring (bicyclic) bond motifs is 3. The standard InChI is InChI=1S/C31H27N9/c32-29-23(3-1-13-34-29)30-37-27-10-11-28(39-16-2-14-35-39)38-31(27)40(30)21-6-7-22-20(17-21)5-9-25(22)36-26-8-4-19-12-15-33-18-24(19)26/h1-3,6-7,10-18,25-26,36H,4-5,8-9H2,(H2,32,34)/t25-,26-/m0/s1. The molecule has 5 heterocycles. The van der Waals surface area contributed by atoms with Crippen LogP contribution in [-0.2, 0) is 12.8 Å². The van der Waals surface area contributed by atoms with E-state index in [-0.39, 0.29) is 0 Å². The quantitative estimate of drug-likeness (QED) is 0.329. The van der Waals surface area contributed by atoms with Gasteiger partial charge in [-0.25, -0.2) is 19.6 Å². The first-order chi connectivity index (χ1) is 19.7. The van der Waals surface area contributed by atoms with Gasteiger partial charge in [0.05, 0.1) is 5.56 Å². The lowest BCUT2D eigenvalue weighted by Crippen LogP contribution is -2.23. The maximum Gasteiger partial charge on any atom is 0.167 e. The Morgan fingerprint density at radius 3 is 2.62 bits per heavy atom. The molecule has 5 aromatic heterocycles. The van der Waals surface area contributed by atoms with Crippen molar-refractivity contribution in [3.05, 3.63) is 108 Å². The predicted molar refractivity (Wildman–Crippen MR) is 153 cm³/mol. The third kappa shape index (κ3) is 3.70. The lowest BCUT2D eigenvalue weighted by molar-refractivity contribution is 0.440. The third-order valence-electron chi connectivity index (χ3n) is 8.20. The van der Waals surface area contributed by atoms with Crippen molar-refractivity contribution in [3.8, 4) is 22.9 Å². The molecule has 0 amide bonds. The SMILES string of the molecule is Nc1ncccc1-c1nc2ccc(-n3cccn3)nc2n1-c1ccc2c(c1)CC[C@@H]2N[C@H]1CCc2ccncc21. The summed E-state index contributed by atoms with van der Waals surface area (Å²) in [5.41, 5.74) is 15.1. The Kier molecular flexibility index (Phi) is 5.24. The van der Waals surface area contributed by atoms with Crippen LogP contribution >= 0.6 is 0 Å². The number of nitrogen functional groups attached to an aromatic ring is 1. The first kappa shape index (κ1) is 23.0. The Hall–Kier alpha value is -4.89. The summed E-state index contributed by atoms with van der Waals surface area (Å²) in [6.45, 7) is 0. The van der Waals surface area contributed by atoms with Crippen LogP contribution < -0.4 is 11.1 Å². The van der Waals surface area contributed by atoms with E-state index >= 15 is 0 Å². The van der Waals surface area contributed by atoms with Gasteiger partial charge in [-0.1, -0.05) is 6.07 Å². The van der Waals surface area contributed by atoms with E-state index in [1.54, 1.807) is 17.1 Å². The van der Waals surface area contributed by atoms with Gasteiger partial charge in [0.25, 0.3) is 0 Å². The van der Waals surface area contributed by atoms with Gasteiger partial charge in [-0.2, -0.15) is 5.10 Å². The van der Waals surface area contributed by atoms with Gasteiger partial charge in [0.2, 0.25) is 0 Å². The number of nitrogens with one attached hydrogen (secondary N) is 1. The van der Waals surface area contributed by atoms with Gasteiger partial charge >= 0.3 is 0 Å². The van der Waals surface area contributed by atoms with Crippen molar-refractivity contribution in [2.45, 2.75) is 37.8 Å². The summed E-state index contributed by atoms with van der Waals surface area (Å²) in [6.07, 6.45) is 13.6. The highest BCUT2D eigenvalue weighted by molar-refractivity contribution is 5.83. The van der Waals surface area contributed by atoms with Crippen molar-refractivity contribution in [2.24, 2.45) is 0 Å². The smallest absolute Gasteiger partial charge is 0.167 e. The lowest BCUT2D eigenvalue weighted by Gasteiger charge is -2.21. The molecule has 0 fully saturated rings. The number of anilines is 1. The molecule has 1 aromatic carbocycles. The molecule has 2 atom stereocenters. The number of hydrogen-bond acceptors (Lipinski definition) is 7. The zero-order valence-electron chi connectivity index (χ0n) is 21.8. The molecule has 0 aliphatic heterocycles. The van der Waals surface area contributed by atoms with E-state index in [0.29, 0.717) is 23.7 Å². The predicted octanol–water partition coefficient (Wildman–Crippen LogP) is 4.91. The maximum atomic E-state index is 6.34. The second-order valence-electron chi connectivity index (χ2n) is 10.5. The number of aryl methyl sites for hydroxylation is 2. The molecule has 0 saturated heterocycles. The van der Waals surface area contributed by atoms with Gasteiger partial charge in [-0.15, -0.1) is 0 Å². The molecule has 2 aliphatic carbocycles. The minimum absolute atomic E-state index is 0.317. The van der Waals surface area contributed by atoms with E-state index < -0.39 is 0 Å². The Bertz CT molecular complexity index is 1870. The molecule has 9 heteroatoms. The maximum absolute atomic E-state index is 6.34. The number of nitrogens with two attached hydrogens (primary N) is 1. The summed E-state index contributed by atoms with van der Waals surface area (Å²) in [4.78, 5) is 18.7. The van der Waals surface area contributed by atoms with E-state index in [4.69, 9.17) is 15.7 Å². The summed E-state index contributed by atoms with van der Waals surface area (Å²) >= 11 is 0. The summed E-state index contributed by atoms with van der Waals surface area (Å²) in [5.74, 6) is 1.87. The van der Waals surface area contributed by atoms with Crippen molar-refractivity contribution in [1.29, 1.82) is 0 Å². The van der Waals surface area contributed by atoms with Gasteiger partial charge in [-0.3, -0.25) is 9.55 Å². The van der Waals surface area contributed by atoms with Crippen molar-refractivity contribution in [2.75, 3.05) is 5.73 Å². The number of rotatable bonds is 5. The number of hydrogen-bond donors (Lipinski definition) is 2. The number of pyridine rings is 3. The van der Waals surface area contributed by atoms with Crippen LogP contribution in [0.3, 0.4) is 0 Å². The average molecular weight is 526 g/mol. The molecule has 8 rings (SSSR count). The van der Waals surface area contributed by atoms with Crippen molar-refractivity contribution >= 4 is 17.0 Å². The molecule has 2 aliphatic rings. The zero-order chi connectivity index (χ0) is 26.6. The van der Waals surface area contributed by atoms with Crippen LogP contribution in [0.2, 0.25) is 0 Å². The van der Waals surface area contributed by atoms with Crippen LogP contribution in [0.4, 0.5) is 5.82 Å². The van der Waals surface area contributed by atoms with Gasteiger partial charge in [-0.05, 0) is 96.5 Å². The topological polar surface area (TPSA) is 112 Å². The van der Waals surface area contributed by atoms with E-state index in [1.165, 1.54) is 22.3 Å². The molecule has 0 bridgehead atoms. The van der Waals surface area contributed by atoms with Crippen LogP contribution in [0, 0.1) is 0 Å². The molecular weight excluding hydrogens is 498 g/mol. The van der Waals surface area contributed by atoms with Gasteiger partial charge in [0.1, 0.15) is 11.3 Å². The second-order valence-corrected chi connectivity index (χ2v) is 10.5. The third-order valence-corrected chi connectivity index (χ3v) is 8.20. The van der Waals surface area contributed by atoms with E-state index in [0.717, 1.165) is 53.9 Å². The number of nitrogens with zero attached hydrogens (tertiary/aromatic N) is 7. The molecule has 6 aromatic rings. The monoisotopic (exact) mass is 525 g/mol. The van der Waals surface area contributed by atoms with Crippen molar-refractivity contribution in [1.82, 2.24) is 39.6 Å². The molecular formula is C31H27N9. The van der Waals surface area contributed by atoms with E-state index in [1.807, 2.05) is 48.9 Å². The first-order valence-electron chi connectivity index (χ1n) is 13.7. The molecule has 3 N–H and O–H groups in total. The fourth-order valence-corrected chi connectivity index (χ4v) is 6.28. The molecule has 196 valence electrons. The van der Waals surface area contributed by atoms with Crippen LogP contribution in [-0.4, -0.2) is 34.3 Å². The highest BCUT2D eigenvalue weighted by atomic mass is 15.3. The molecule has 40 heavy (non-hydrogen) atoms. The average Bonchev–Trinajstić information content (AvgIpc) is 3.79. The highest BCUT2D eigenvalue weighted by Gasteiger charge is 2.30. The number of benzene rings is 1. The fraction of sp³-hybridized carbons (Fsp3) is 0.194. The number of imidazole rings is 1. The summed E-state index contributed by atoms with van der Waals surface area (Å²) in [7, 11) is 0. The normalized spacial score (nSPS) is 17.8. The van der Waals surface area contributed by atoms with Gasteiger partial charge in [0.15, 0.2) is 17.3 Å². The lowest BCUT2D eigenvalue weighted by atomic mass is 10.0. The zero-order valence-corrected chi connectivity index (χ0v) is 21.8. The molecule has 0 saturated carbocycles. The van der Waals surface area contributed by atoms with Crippen molar-refractivity contribution in [3.63, 3.8) is 0 Å². The molecule has 0 radical (unpaired) electrons. The Morgan fingerprint density at radius 1 is 0.850 bits per heavy atom. The second kappa shape index (κ2) is 9.10. The Labute approximate surface area is 230 Å². The molecule has 9 nitrogen and oxygen atoms in total. The van der Waals surface area contributed by atoms with Gasteiger partial charge < -0.3 is 11.1 Å². The van der Waals surface area contributed by atoms with Crippen LogP contribution in [0.25, 0.3) is 34.1 Å². The first-order valence-corrected chi connectivity index (χ1v) is 13.7. The van der Waals surface area contributed by atoms with Crippen LogP contribution in [0.15, 0.2) is 85.6 Å². The van der Waals surface area contributed by atoms with Gasteiger partial charge in [0, 0.05) is 48.8 Å². The number of aromatic nitrogens is 7. The van der Waals surface area contributed by atoms with Crippen molar-refractivity contribution < 1.29 is 0 Å². The largest absolute Gasteiger partial charge is 0.383 e. The Morgan fingerprint density at radius 2 is 1.75 bits per heavy atom. The fourth-order valence-electron chi connectivity index (χ4n) is 6.28. The van der Waals surface area contributed by atoms with Crippen LogP contribution in [0.5, 0.6) is 0 Å². The molecule has 0 spiro atoms. The summed E-state index contributed by atoms with van der Waals surface area (Å²) < 4.78 is 3.85. The van der Waals surface area contributed by atoms with E-state index in [2.05, 4.69) is 49.2 Å². The Balaban J connectivity index is 1.22. The minimum Gasteiger partial charge on any atom is -0.383 e. The minimum atomic E-state index is 0.317. The highest BCUT2D eigenvalue weighted by Crippen LogP contribution is 2.39. The summed E-state index contributed by atoms with van der Waals surface area (Å²) in [5, 5.41) is 8.31. The van der Waals surface area contributed by atoms with E-state index in [9.17, 15) is 0 Å². The molecule has 0 unspecified atom stereocenters. The summed E-state index contributed by atoms with van der Waals surface area (Å²) in [6, 6.07) is 19.2. The van der Waals surface area contributed by atoms with Crippen LogP contribution in [0.1, 0.15) is 47.2 Å².